The van der Waals surface area contributed by atoms with Crippen LogP contribution >= 0.6 is 0 Å². The lowest BCUT2D eigenvalue weighted by molar-refractivity contribution is -0.137. The molecule has 116 valence electrons. The fourth-order valence-electron chi connectivity index (χ4n) is 3.05. The van der Waals surface area contributed by atoms with E-state index in [0.717, 1.165) is 44.5 Å². The highest BCUT2D eigenvalue weighted by atomic mass is 16.2. The SMILES string of the molecule is CCc1ccc(C(C)(C)C(=O)N2CCC(CN)CC2)cc1. The third-order valence-corrected chi connectivity index (χ3v) is 4.85. The van der Waals surface area contributed by atoms with Crippen LogP contribution < -0.4 is 5.73 Å². The fraction of sp³-hybridized carbons (Fsp3) is 0.611. The number of benzene rings is 1. The first-order chi connectivity index (χ1) is 9.98. The first kappa shape index (κ1) is 16.0. The molecule has 3 heteroatoms. The quantitative estimate of drug-likeness (QED) is 0.926. The minimum Gasteiger partial charge on any atom is -0.342 e. The van der Waals surface area contributed by atoms with Gasteiger partial charge in [0.05, 0.1) is 5.41 Å². The van der Waals surface area contributed by atoms with E-state index in [1.54, 1.807) is 0 Å². The molecular formula is C18H28N2O. The molecule has 0 aliphatic carbocycles. The van der Waals surface area contributed by atoms with E-state index in [2.05, 4.69) is 31.2 Å². The zero-order valence-electron chi connectivity index (χ0n) is 13.6. The number of amides is 1. The molecule has 21 heavy (non-hydrogen) atoms. The van der Waals surface area contributed by atoms with Crippen molar-refractivity contribution < 1.29 is 4.79 Å². The molecule has 1 aromatic carbocycles. The number of nitrogens with zero attached hydrogens (tertiary/aromatic N) is 1. The fourth-order valence-corrected chi connectivity index (χ4v) is 3.05. The van der Waals surface area contributed by atoms with Gasteiger partial charge in [-0.3, -0.25) is 4.79 Å². The predicted molar refractivity (Wildman–Crippen MR) is 87.2 cm³/mol. The smallest absolute Gasteiger partial charge is 0.232 e. The van der Waals surface area contributed by atoms with Gasteiger partial charge in [-0.25, -0.2) is 0 Å². The lowest BCUT2D eigenvalue weighted by Crippen LogP contribution is -2.47. The molecule has 1 aliphatic rings. The molecule has 1 fully saturated rings. The summed E-state index contributed by atoms with van der Waals surface area (Å²) in [6.07, 6.45) is 3.10. The van der Waals surface area contributed by atoms with Gasteiger partial charge in [-0.15, -0.1) is 0 Å². The molecule has 1 saturated heterocycles. The molecular weight excluding hydrogens is 260 g/mol. The zero-order chi connectivity index (χ0) is 15.5. The lowest BCUT2D eigenvalue weighted by Gasteiger charge is -2.37. The second-order valence-electron chi connectivity index (χ2n) is 6.65. The van der Waals surface area contributed by atoms with Crippen molar-refractivity contribution in [2.24, 2.45) is 11.7 Å². The summed E-state index contributed by atoms with van der Waals surface area (Å²) in [7, 11) is 0. The number of carbonyl (C=O) groups is 1. The maximum absolute atomic E-state index is 12.9. The van der Waals surface area contributed by atoms with Crippen LogP contribution in [0.1, 0.15) is 44.7 Å². The van der Waals surface area contributed by atoms with E-state index in [1.165, 1.54) is 5.56 Å². The lowest BCUT2D eigenvalue weighted by atomic mass is 9.82. The average Bonchev–Trinajstić information content (AvgIpc) is 2.54. The van der Waals surface area contributed by atoms with Crippen molar-refractivity contribution in [1.29, 1.82) is 0 Å². The van der Waals surface area contributed by atoms with E-state index in [1.807, 2.05) is 18.7 Å². The summed E-state index contributed by atoms with van der Waals surface area (Å²) < 4.78 is 0. The van der Waals surface area contributed by atoms with Crippen LogP contribution in [0.3, 0.4) is 0 Å². The van der Waals surface area contributed by atoms with E-state index >= 15 is 0 Å². The zero-order valence-corrected chi connectivity index (χ0v) is 13.6. The van der Waals surface area contributed by atoms with Crippen LogP contribution in [-0.2, 0) is 16.6 Å². The normalized spacial score (nSPS) is 17.0. The number of rotatable bonds is 4. The second kappa shape index (κ2) is 6.61. The summed E-state index contributed by atoms with van der Waals surface area (Å²) in [6, 6.07) is 8.46. The molecule has 3 nitrogen and oxygen atoms in total. The number of piperidine rings is 1. The summed E-state index contributed by atoms with van der Waals surface area (Å²) in [5, 5.41) is 0. The molecule has 0 saturated carbocycles. The maximum Gasteiger partial charge on any atom is 0.232 e. The highest BCUT2D eigenvalue weighted by molar-refractivity contribution is 5.87. The van der Waals surface area contributed by atoms with Gasteiger partial charge < -0.3 is 10.6 Å². The Labute approximate surface area is 128 Å². The number of likely N-dealkylation sites (tertiary alicyclic amines) is 1. The van der Waals surface area contributed by atoms with Gasteiger partial charge in [0.2, 0.25) is 5.91 Å². The Kier molecular flexibility index (Phi) is 5.04. The summed E-state index contributed by atoms with van der Waals surface area (Å²) in [5.41, 5.74) is 7.68. The van der Waals surface area contributed by atoms with Crippen LogP contribution in [0.25, 0.3) is 0 Å². The molecule has 0 unspecified atom stereocenters. The standard InChI is InChI=1S/C18H28N2O/c1-4-14-5-7-16(8-6-14)18(2,3)17(21)20-11-9-15(13-19)10-12-20/h5-8,15H,4,9-13,19H2,1-3H3. The molecule has 0 radical (unpaired) electrons. The number of carbonyl (C=O) groups excluding carboxylic acids is 1. The summed E-state index contributed by atoms with van der Waals surface area (Å²) in [6.45, 7) is 8.64. The largest absolute Gasteiger partial charge is 0.342 e. The third-order valence-electron chi connectivity index (χ3n) is 4.85. The summed E-state index contributed by atoms with van der Waals surface area (Å²) in [5.74, 6) is 0.822. The van der Waals surface area contributed by atoms with E-state index in [0.29, 0.717) is 5.92 Å². The van der Waals surface area contributed by atoms with Gasteiger partial charge >= 0.3 is 0 Å². The molecule has 1 aromatic rings. The molecule has 0 aromatic heterocycles. The first-order valence-electron chi connectivity index (χ1n) is 8.08. The maximum atomic E-state index is 12.9. The molecule has 0 bridgehead atoms. The van der Waals surface area contributed by atoms with E-state index in [9.17, 15) is 4.79 Å². The number of nitrogens with two attached hydrogens (primary N) is 1. The van der Waals surface area contributed by atoms with E-state index in [-0.39, 0.29) is 5.91 Å². The van der Waals surface area contributed by atoms with Crippen molar-refractivity contribution >= 4 is 5.91 Å². The van der Waals surface area contributed by atoms with Crippen molar-refractivity contribution in [2.75, 3.05) is 19.6 Å². The molecule has 1 aliphatic heterocycles. The topological polar surface area (TPSA) is 46.3 Å². The Bertz CT molecular complexity index is 470. The molecule has 1 heterocycles. The Morgan fingerprint density at radius 1 is 1.24 bits per heavy atom. The second-order valence-corrected chi connectivity index (χ2v) is 6.65. The minimum atomic E-state index is -0.457. The highest BCUT2D eigenvalue weighted by Crippen LogP contribution is 2.28. The number of aryl methyl sites for hydroxylation is 1. The van der Waals surface area contributed by atoms with Gasteiger partial charge in [-0.2, -0.15) is 0 Å². The van der Waals surface area contributed by atoms with Crippen LogP contribution in [0.2, 0.25) is 0 Å². The van der Waals surface area contributed by atoms with Gasteiger partial charge in [0.1, 0.15) is 0 Å². The van der Waals surface area contributed by atoms with Crippen LogP contribution in [0, 0.1) is 5.92 Å². The van der Waals surface area contributed by atoms with Crippen LogP contribution in [0.4, 0.5) is 0 Å². The van der Waals surface area contributed by atoms with Gasteiger partial charge in [-0.1, -0.05) is 31.2 Å². The van der Waals surface area contributed by atoms with Crippen molar-refractivity contribution in [3.8, 4) is 0 Å². The summed E-state index contributed by atoms with van der Waals surface area (Å²) in [4.78, 5) is 14.9. The minimum absolute atomic E-state index is 0.238. The van der Waals surface area contributed by atoms with Crippen LogP contribution in [0.15, 0.2) is 24.3 Å². The van der Waals surface area contributed by atoms with Crippen molar-refractivity contribution in [1.82, 2.24) is 4.90 Å². The van der Waals surface area contributed by atoms with Crippen LogP contribution in [-0.4, -0.2) is 30.4 Å². The Morgan fingerprint density at radius 3 is 2.29 bits per heavy atom. The predicted octanol–water partition coefficient (Wildman–Crippen LogP) is 2.72. The Hall–Kier alpha value is -1.35. The molecule has 2 N–H and O–H groups in total. The van der Waals surface area contributed by atoms with Crippen molar-refractivity contribution in [3.63, 3.8) is 0 Å². The molecule has 1 amide bonds. The first-order valence-corrected chi connectivity index (χ1v) is 8.08. The van der Waals surface area contributed by atoms with E-state index in [4.69, 9.17) is 5.73 Å². The number of hydrogen-bond donors (Lipinski definition) is 1. The highest BCUT2D eigenvalue weighted by Gasteiger charge is 2.35. The van der Waals surface area contributed by atoms with Gasteiger partial charge in [0, 0.05) is 13.1 Å². The third kappa shape index (κ3) is 3.46. The molecule has 0 spiro atoms. The van der Waals surface area contributed by atoms with Gasteiger partial charge in [0.25, 0.3) is 0 Å². The van der Waals surface area contributed by atoms with Crippen LogP contribution in [0.5, 0.6) is 0 Å². The average molecular weight is 288 g/mol. The monoisotopic (exact) mass is 288 g/mol. The van der Waals surface area contributed by atoms with Gasteiger partial charge in [-0.05, 0) is 56.7 Å². The Balaban J connectivity index is 2.09. The van der Waals surface area contributed by atoms with Crippen molar-refractivity contribution in [2.45, 2.75) is 45.4 Å². The summed E-state index contributed by atoms with van der Waals surface area (Å²) >= 11 is 0. The molecule has 2 rings (SSSR count). The Morgan fingerprint density at radius 2 is 1.81 bits per heavy atom. The van der Waals surface area contributed by atoms with Gasteiger partial charge in [0.15, 0.2) is 0 Å². The van der Waals surface area contributed by atoms with E-state index < -0.39 is 5.41 Å². The van der Waals surface area contributed by atoms with Crippen molar-refractivity contribution in [3.05, 3.63) is 35.4 Å². The molecule has 0 atom stereocenters. The number of hydrogen-bond acceptors (Lipinski definition) is 2.